The molecule has 0 amide bonds. The van der Waals surface area contributed by atoms with Crippen LogP contribution in [0.2, 0.25) is 0 Å². The number of hydrogen-bond acceptors (Lipinski definition) is 2. The molecule has 1 aliphatic carbocycles. The minimum absolute atomic E-state index is 0.138. The first-order valence-electron chi connectivity index (χ1n) is 7.24. The molecule has 0 heterocycles. The van der Waals surface area contributed by atoms with Crippen molar-refractivity contribution in [3.05, 3.63) is 35.1 Å². The maximum Gasteiger partial charge on any atom is 0.126 e. The summed E-state index contributed by atoms with van der Waals surface area (Å²) in [7, 11) is 0. The predicted octanol–water partition coefficient (Wildman–Crippen LogP) is 3.25. The molecule has 1 atom stereocenters. The van der Waals surface area contributed by atoms with Crippen LogP contribution in [0.3, 0.4) is 0 Å². The van der Waals surface area contributed by atoms with Crippen molar-refractivity contribution in [2.45, 2.75) is 45.7 Å². The Kier molecular flexibility index (Phi) is 4.58. The van der Waals surface area contributed by atoms with Crippen LogP contribution in [0.5, 0.6) is 0 Å². The Morgan fingerprint density at radius 2 is 2.05 bits per heavy atom. The van der Waals surface area contributed by atoms with Crippen LogP contribution in [0.25, 0.3) is 0 Å². The standard InChI is InChI=1S/C16H25FN2/c1-11(2)10-19(14-5-6-14)16(9-18)13-4-7-15(17)12(3)8-13/h4,7-8,11,14,16H,5-6,9-10,18H2,1-3H3. The van der Waals surface area contributed by atoms with E-state index in [2.05, 4.69) is 18.7 Å². The van der Waals surface area contributed by atoms with Crippen molar-refractivity contribution >= 4 is 0 Å². The van der Waals surface area contributed by atoms with Gasteiger partial charge in [0.2, 0.25) is 0 Å². The summed E-state index contributed by atoms with van der Waals surface area (Å²) in [4.78, 5) is 2.51. The summed E-state index contributed by atoms with van der Waals surface area (Å²) < 4.78 is 13.4. The van der Waals surface area contributed by atoms with Crippen molar-refractivity contribution in [3.8, 4) is 0 Å². The molecule has 0 saturated heterocycles. The van der Waals surface area contributed by atoms with Crippen LogP contribution in [0, 0.1) is 18.7 Å². The lowest BCUT2D eigenvalue weighted by atomic mass is 10.0. The van der Waals surface area contributed by atoms with Gasteiger partial charge in [0.25, 0.3) is 0 Å². The predicted molar refractivity (Wildman–Crippen MR) is 77.5 cm³/mol. The van der Waals surface area contributed by atoms with E-state index in [4.69, 9.17) is 5.73 Å². The molecule has 1 fully saturated rings. The van der Waals surface area contributed by atoms with E-state index < -0.39 is 0 Å². The second-order valence-electron chi connectivity index (χ2n) is 6.08. The number of nitrogens with zero attached hydrogens (tertiary/aromatic N) is 1. The summed E-state index contributed by atoms with van der Waals surface area (Å²) in [6, 6.07) is 6.28. The van der Waals surface area contributed by atoms with Gasteiger partial charge < -0.3 is 5.73 Å². The van der Waals surface area contributed by atoms with E-state index in [1.54, 1.807) is 6.07 Å². The molecule has 19 heavy (non-hydrogen) atoms. The molecule has 1 aromatic carbocycles. The average Bonchev–Trinajstić information content (AvgIpc) is 3.17. The third kappa shape index (κ3) is 3.54. The molecule has 2 nitrogen and oxygen atoms in total. The van der Waals surface area contributed by atoms with Crippen LogP contribution in [0.15, 0.2) is 18.2 Å². The minimum atomic E-state index is -0.138. The van der Waals surface area contributed by atoms with Gasteiger partial charge in [0.05, 0.1) is 0 Å². The minimum Gasteiger partial charge on any atom is -0.329 e. The van der Waals surface area contributed by atoms with Crippen LogP contribution in [0.1, 0.15) is 43.9 Å². The molecule has 2 N–H and O–H groups in total. The van der Waals surface area contributed by atoms with Gasteiger partial charge in [-0.1, -0.05) is 26.0 Å². The first kappa shape index (κ1) is 14.5. The molecule has 2 rings (SSSR count). The normalized spacial score (nSPS) is 17.2. The summed E-state index contributed by atoms with van der Waals surface area (Å²) in [5, 5.41) is 0. The zero-order valence-corrected chi connectivity index (χ0v) is 12.2. The number of rotatable bonds is 6. The Hall–Kier alpha value is -0.930. The average molecular weight is 264 g/mol. The smallest absolute Gasteiger partial charge is 0.126 e. The second kappa shape index (κ2) is 6.02. The third-order valence-corrected chi connectivity index (χ3v) is 3.78. The van der Waals surface area contributed by atoms with Crippen molar-refractivity contribution in [1.29, 1.82) is 0 Å². The molecule has 1 unspecified atom stereocenters. The quantitative estimate of drug-likeness (QED) is 0.854. The van der Waals surface area contributed by atoms with Gasteiger partial charge in [-0.3, -0.25) is 4.90 Å². The van der Waals surface area contributed by atoms with E-state index in [0.29, 0.717) is 24.1 Å². The SMILES string of the molecule is Cc1cc(C(CN)N(CC(C)C)C2CC2)ccc1F. The van der Waals surface area contributed by atoms with E-state index in [9.17, 15) is 4.39 Å². The molecular weight excluding hydrogens is 239 g/mol. The number of nitrogens with two attached hydrogens (primary N) is 1. The fourth-order valence-electron chi connectivity index (χ4n) is 2.70. The summed E-state index contributed by atoms with van der Waals surface area (Å²) in [5.74, 6) is 0.484. The number of hydrogen-bond donors (Lipinski definition) is 1. The molecule has 1 saturated carbocycles. The fraction of sp³-hybridized carbons (Fsp3) is 0.625. The van der Waals surface area contributed by atoms with Gasteiger partial charge in [-0.2, -0.15) is 0 Å². The number of halogens is 1. The van der Waals surface area contributed by atoms with Crippen molar-refractivity contribution in [1.82, 2.24) is 4.90 Å². The molecule has 0 aliphatic heterocycles. The molecule has 0 spiro atoms. The largest absolute Gasteiger partial charge is 0.329 e. The second-order valence-corrected chi connectivity index (χ2v) is 6.08. The van der Waals surface area contributed by atoms with Crippen molar-refractivity contribution in [2.75, 3.05) is 13.1 Å². The maximum atomic E-state index is 13.4. The zero-order valence-electron chi connectivity index (χ0n) is 12.2. The van der Waals surface area contributed by atoms with Crippen molar-refractivity contribution < 1.29 is 4.39 Å². The van der Waals surface area contributed by atoms with Crippen LogP contribution < -0.4 is 5.73 Å². The summed E-state index contributed by atoms with van der Waals surface area (Å²) in [6.45, 7) is 7.94. The fourth-order valence-corrected chi connectivity index (χ4v) is 2.70. The van der Waals surface area contributed by atoms with E-state index >= 15 is 0 Å². The lowest BCUT2D eigenvalue weighted by molar-refractivity contribution is 0.169. The van der Waals surface area contributed by atoms with Gasteiger partial charge in [-0.25, -0.2) is 4.39 Å². The van der Waals surface area contributed by atoms with E-state index in [1.165, 1.54) is 12.8 Å². The summed E-state index contributed by atoms with van der Waals surface area (Å²) >= 11 is 0. The third-order valence-electron chi connectivity index (χ3n) is 3.78. The Morgan fingerprint density at radius 3 is 2.53 bits per heavy atom. The van der Waals surface area contributed by atoms with Crippen LogP contribution in [0.4, 0.5) is 4.39 Å². The molecule has 0 aromatic heterocycles. The highest BCUT2D eigenvalue weighted by atomic mass is 19.1. The Bertz CT molecular complexity index is 427. The summed E-state index contributed by atoms with van der Waals surface area (Å²) in [5.41, 5.74) is 7.85. The highest BCUT2D eigenvalue weighted by Crippen LogP contribution is 2.35. The van der Waals surface area contributed by atoms with Gasteiger partial charge in [0.1, 0.15) is 5.82 Å². The van der Waals surface area contributed by atoms with Crippen molar-refractivity contribution in [3.63, 3.8) is 0 Å². The van der Waals surface area contributed by atoms with Gasteiger partial charge in [-0.05, 0) is 42.9 Å². The van der Waals surface area contributed by atoms with Crippen LogP contribution >= 0.6 is 0 Å². The lowest BCUT2D eigenvalue weighted by Gasteiger charge is -2.33. The van der Waals surface area contributed by atoms with Gasteiger partial charge in [0.15, 0.2) is 0 Å². The molecule has 0 radical (unpaired) electrons. The number of benzene rings is 1. The van der Waals surface area contributed by atoms with Gasteiger partial charge in [-0.15, -0.1) is 0 Å². The monoisotopic (exact) mass is 264 g/mol. The molecule has 106 valence electrons. The highest BCUT2D eigenvalue weighted by molar-refractivity contribution is 5.27. The summed E-state index contributed by atoms with van der Waals surface area (Å²) in [6.07, 6.45) is 2.53. The maximum absolute atomic E-state index is 13.4. The topological polar surface area (TPSA) is 29.3 Å². The van der Waals surface area contributed by atoms with Gasteiger partial charge in [0, 0.05) is 25.2 Å². The lowest BCUT2D eigenvalue weighted by Crippen LogP contribution is -2.38. The molecule has 0 bridgehead atoms. The van der Waals surface area contributed by atoms with E-state index in [0.717, 1.165) is 12.1 Å². The van der Waals surface area contributed by atoms with Crippen LogP contribution in [-0.2, 0) is 0 Å². The van der Waals surface area contributed by atoms with E-state index in [1.807, 2.05) is 19.1 Å². The first-order chi connectivity index (χ1) is 9.02. The van der Waals surface area contributed by atoms with Crippen molar-refractivity contribution in [2.24, 2.45) is 11.7 Å². The molecular formula is C16H25FN2. The molecule has 3 heteroatoms. The Morgan fingerprint density at radius 1 is 1.37 bits per heavy atom. The molecule has 1 aromatic rings. The van der Waals surface area contributed by atoms with Gasteiger partial charge >= 0.3 is 0 Å². The Labute approximate surface area is 115 Å². The number of aryl methyl sites for hydroxylation is 1. The molecule has 1 aliphatic rings. The zero-order chi connectivity index (χ0) is 14.0. The van der Waals surface area contributed by atoms with E-state index in [-0.39, 0.29) is 11.9 Å². The highest BCUT2D eigenvalue weighted by Gasteiger charge is 2.34. The van der Waals surface area contributed by atoms with Crippen LogP contribution in [-0.4, -0.2) is 24.0 Å². The Balaban J connectivity index is 2.22. The first-order valence-corrected chi connectivity index (χ1v) is 7.24.